The molecule has 6 aromatic carbocycles. The second-order valence-corrected chi connectivity index (χ2v) is 20.8. The Labute approximate surface area is 420 Å². The van der Waals surface area contributed by atoms with Gasteiger partial charge in [-0.1, -0.05) is 184 Å². The van der Waals surface area contributed by atoms with E-state index in [1.165, 1.54) is 0 Å². The Morgan fingerprint density at radius 1 is 0.585 bits per heavy atom. The molecule has 0 spiro atoms. The van der Waals surface area contributed by atoms with Crippen LogP contribution in [-0.4, -0.2) is 19.6 Å². The molecule has 2 heterocycles. The Morgan fingerprint density at radius 2 is 1.23 bits per heavy atom. The first-order valence-electron chi connectivity index (χ1n) is 28.2. The predicted octanol–water partition coefficient (Wildman–Crippen LogP) is 16.1. The summed E-state index contributed by atoms with van der Waals surface area (Å²) in [6.07, 6.45) is -0.621. The van der Waals surface area contributed by atoms with Crippen LogP contribution in [0.1, 0.15) is 134 Å². The monoisotopic (exact) mass is 1050 g/mol. The molecule has 0 aliphatic rings. The Kier molecular flexibility index (Phi) is 8.80. The number of aromatic hydroxyl groups is 1. The van der Waals surface area contributed by atoms with Crippen molar-refractivity contribution >= 4 is 11.0 Å². The standard InChI is InChI=1S/C60H64N3O.Pt/c1-37-18-21-39(22-19-37)41-28-29-61-51(34-41)43-31-42(32-45(33-43)58(6,7)8)47-16-15-17-53-54(47)62-56(49-35-46(59(9,10)11)36-50(55(49)64)60(12,13)14)63(53)52-27-20-38(2)30-48(52)40-23-25-44(26-24-40)57(3,4)5;/h15-30,32-36,64H,1-14H3;/q-1;/i1D3,2D3,18D,19D,21D,22D,28D,29D,34D;. The summed E-state index contributed by atoms with van der Waals surface area (Å²) < 4.78 is 114. The van der Waals surface area contributed by atoms with Crippen molar-refractivity contribution in [2.75, 3.05) is 0 Å². The van der Waals surface area contributed by atoms with Gasteiger partial charge in [-0.15, -0.1) is 29.3 Å². The van der Waals surface area contributed by atoms with Gasteiger partial charge in [0.15, 0.2) is 0 Å². The van der Waals surface area contributed by atoms with Gasteiger partial charge in [-0.3, -0.25) is 9.55 Å². The third kappa shape index (κ3) is 9.57. The number of pyridine rings is 1. The van der Waals surface area contributed by atoms with Crippen molar-refractivity contribution < 1.29 is 44.0 Å². The second kappa shape index (κ2) is 17.3. The minimum absolute atomic E-state index is 0. The number of aryl methyl sites for hydroxylation is 1. The number of imidazole rings is 1. The van der Waals surface area contributed by atoms with E-state index in [2.05, 4.69) is 52.6 Å². The normalized spacial score (nSPS) is 15.7. The minimum atomic E-state index is -2.99. The van der Waals surface area contributed by atoms with Crippen molar-refractivity contribution in [3.63, 3.8) is 0 Å². The quantitative estimate of drug-likeness (QED) is 0.169. The Bertz CT molecular complexity index is 3650. The Morgan fingerprint density at radius 3 is 1.86 bits per heavy atom. The second-order valence-electron chi connectivity index (χ2n) is 20.8. The summed E-state index contributed by atoms with van der Waals surface area (Å²) in [6, 6.07) is 25.6. The van der Waals surface area contributed by atoms with Gasteiger partial charge < -0.3 is 5.11 Å². The van der Waals surface area contributed by atoms with Crippen molar-refractivity contribution in [1.29, 1.82) is 0 Å². The van der Waals surface area contributed by atoms with Crippen LogP contribution in [0, 0.1) is 19.8 Å². The van der Waals surface area contributed by atoms with Gasteiger partial charge >= 0.3 is 0 Å². The van der Waals surface area contributed by atoms with Gasteiger partial charge in [-0.25, -0.2) is 4.98 Å². The smallest absolute Gasteiger partial charge is 0.148 e. The summed E-state index contributed by atoms with van der Waals surface area (Å²) >= 11 is 0. The van der Waals surface area contributed by atoms with E-state index < -0.39 is 83.7 Å². The number of nitrogens with zero attached hydrogens (tertiary/aromatic N) is 3. The molecule has 0 aliphatic heterocycles. The molecule has 0 atom stereocenters. The van der Waals surface area contributed by atoms with Crippen LogP contribution in [0.25, 0.3) is 72.7 Å². The zero-order valence-corrected chi connectivity index (χ0v) is 41.5. The molecule has 0 radical (unpaired) electrons. The van der Waals surface area contributed by atoms with Crippen molar-refractivity contribution in [3.8, 4) is 67.5 Å². The number of hydrogen-bond acceptors (Lipinski definition) is 3. The van der Waals surface area contributed by atoms with Crippen LogP contribution >= 0.6 is 0 Å². The van der Waals surface area contributed by atoms with E-state index in [4.69, 9.17) is 21.4 Å². The van der Waals surface area contributed by atoms with Crippen LogP contribution in [0.5, 0.6) is 5.75 Å². The molecule has 0 saturated carbocycles. The van der Waals surface area contributed by atoms with Gasteiger partial charge in [0, 0.05) is 52.3 Å². The van der Waals surface area contributed by atoms with Gasteiger partial charge in [0.05, 0.1) is 31.9 Å². The number of fused-ring (bicyclic) bond motifs is 1. The van der Waals surface area contributed by atoms with Gasteiger partial charge in [-0.2, -0.15) is 0 Å². The van der Waals surface area contributed by atoms with Crippen LogP contribution in [0.15, 0.2) is 127 Å². The van der Waals surface area contributed by atoms with Crippen LogP contribution in [0.4, 0.5) is 0 Å². The van der Waals surface area contributed by atoms with Crippen LogP contribution < -0.4 is 0 Å². The molecule has 0 amide bonds. The summed E-state index contributed by atoms with van der Waals surface area (Å²) in [5.41, 5.74) is 4.94. The molecule has 8 aromatic rings. The van der Waals surface area contributed by atoms with E-state index in [0.29, 0.717) is 50.4 Å². The zero-order valence-electron chi connectivity index (χ0n) is 52.2. The average molecular weight is 1050 g/mol. The largest absolute Gasteiger partial charge is 0.507 e. The number of aromatic nitrogens is 3. The summed E-state index contributed by atoms with van der Waals surface area (Å²) in [5.74, 6) is 0.406. The summed E-state index contributed by atoms with van der Waals surface area (Å²) in [7, 11) is 0. The number of phenols is 1. The molecule has 0 aliphatic carbocycles. The van der Waals surface area contributed by atoms with E-state index in [-0.39, 0.29) is 54.5 Å². The SMILES string of the molecule is [2H]c1nc(-c2[c-]c(-c3cccc4c3nc(-c3cc(C(C)(C)C)cc(C(C)(C)C)c3O)n4-c3ccc(C([2H])([2H])[2H])cc3-c3ccc(C(C)(C)C)cc3)cc(C(C)(C)C)c2)c([2H])c(-c2c([2H])c([2H])c(C([2H])([2H])[2H])c([2H])c2[2H])c1[2H].[Pt]. The molecular weight excluding hydrogens is 974 g/mol. The molecule has 0 fully saturated rings. The summed E-state index contributed by atoms with van der Waals surface area (Å²) in [4.78, 5) is 9.92. The molecule has 8 rings (SSSR count). The summed E-state index contributed by atoms with van der Waals surface area (Å²) in [6.45, 7) is 19.4. The number of rotatable bonds is 6. The third-order valence-corrected chi connectivity index (χ3v) is 11.8. The fourth-order valence-corrected chi connectivity index (χ4v) is 7.95. The van der Waals surface area contributed by atoms with Crippen LogP contribution in [0.3, 0.4) is 0 Å². The molecule has 336 valence electrons. The third-order valence-electron chi connectivity index (χ3n) is 11.8. The van der Waals surface area contributed by atoms with E-state index in [1.54, 1.807) is 24.3 Å². The van der Waals surface area contributed by atoms with Crippen molar-refractivity contribution in [3.05, 3.63) is 167 Å². The molecular formula is C60H64N3OPt-. The maximum atomic E-state index is 12.6. The Balaban J connectivity index is 0.00000882. The molecule has 0 saturated heterocycles. The fourth-order valence-electron chi connectivity index (χ4n) is 7.95. The maximum absolute atomic E-state index is 12.6. The van der Waals surface area contributed by atoms with Crippen LogP contribution in [0.2, 0.25) is 0 Å². The first-order valence-corrected chi connectivity index (χ1v) is 21.7. The molecule has 0 unspecified atom stereocenters. The zero-order chi connectivity index (χ0) is 57.2. The minimum Gasteiger partial charge on any atom is -0.507 e. The number of phenolic OH excluding ortho intramolecular Hbond substituents is 1. The molecule has 5 heteroatoms. The summed E-state index contributed by atoms with van der Waals surface area (Å²) in [5, 5.41) is 12.6. The first-order chi connectivity index (χ1) is 35.3. The van der Waals surface area contributed by atoms with Crippen molar-refractivity contribution in [2.24, 2.45) is 0 Å². The van der Waals surface area contributed by atoms with Crippen molar-refractivity contribution in [2.45, 2.75) is 118 Å². The van der Waals surface area contributed by atoms with E-state index in [1.807, 2.05) is 107 Å². The molecule has 2 aromatic heterocycles. The van der Waals surface area contributed by atoms with Crippen molar-refractivity contribution in [1.82, 2.24) is 14.5 Å². The average Bonchev–Trinajstić information content (AvgIpc) is 3.72. The molecule has 4 nitrogen and oxygen atoms in total. The van der Waals surface area contributed by atoms with E-state index >= 15 is 0 Å². The Hall–Kier alpha value is -5.57. The molecule has 0 bridgehead atoms. The number of para-hydroxylation sites is 1. The van der Waals surface area contributed by atoms with Gasteiger partial charge in [0.25, 0.3) is 0 Å². The number of hydrogen-bond donors (Lipinski definition) is 1. The topological polar surface area (TPSA) is 50.9 Å². The number of benzene rings is 6. The maximum Gasteiger partial charge on any atom is 0.148 e. The fraction of sp³-hybridized carbons (Fsp3) is 0.300. The molecule has 1 N–H and O–H groups in total. The van der Waals surface area contributed by atoms with E-state index in [9.17, 15) is 6.48 Å². The first kappa shape index (κ1) is 33.0. The van der Waals surface area contributed by atoms with E-state index in [0.717, 1.165) is 22.3 Å². The van der Waals surface area contributed by atoms with Gasteiger partial charge in [0.1, 0.15) is 11.6 Å². The molecule has 65 heavy (non-hydrogen) atoms. The van der Waals surface area contributed by atoms with Gasteiger partial charge in [0.2, 0.25) is 0 Å². The van der Waals surface area contributed by atoms with Gasteiger partial charge in [-0.05, 0) is 93.5 Å². The van der Waals surface area contributed by atoms with Crippen LogP contribution in [-0.2, 0) is 42.7 Å². The predicted molar refractivity (Wildman–Crippen MR) is 271 cm³/mol.